The van der Waals surface area contributed by atoms with Gasteiger partial charge in [0.15, 0.2) is 0 Å². The summed E-state index contributed by atoms with van der Waals surface area (Å²) in [5.74, 6) is -0.792. The molecule has 0 radical (unpaired) electrons. The fraction of sp³-hybridized carbons (Fsp3) is 0.517. The lowest BCUT2D eigenvalue weighted by molar-refractivity contribution is -0.116. The van der Waals surface area contributed by atoms with Gasteiger partial charge in [-0.15, -0.1) is 23.1 Å². The largest absolute Gasteiger partial charge is 0.465 e. The Balaban J connectivity index is 1.75. The number of hydrogen-bond donors (Lipinski definition) is 2. The van der Waals surface area contributed by atoms with E-state index in [2.05, 4.69) is 10.6 Å². The second-order valence-electron chi connectivity index (χ2n) is 10.5. The highest BCUT2D eigenvalue weighted by Gasteiger charge is 2.33. The molecule has 0 fully saturated rings. The lowest BCUT2D eigenvalue weighted by atomic mass is 10.0. The summed E-state index contributed by atoms with van der Waals surface area (Å²) in [6.07, 6.45) is 2.84. The number of thioether (sulfide) groups is 1. The second kappa shape index (κ2) is 14.0. The number of nitrogens with zero attached hydrogens (tertiary/aromatic N) is 1. The highest BCUT2D eigenvalue weighted by molar-refractivity contribution is 8.00. The number of anilines is 2. The number of rotatable bonds is 10. The Morgan fingerprint density at radius 3 is 2.55 bits per heavy atom. The van der Waals surface area contributed by atoms with Crippen LogP contribution in [0.25, 0.3) is 0 Å². The van der Waals surface area contributed by atoms with Crippen molar-refractivity contribution in [2.75, 3.05) is 24.3 Å². The van der Waals surface area contributed by atoms with Gasteiger partial charge >= 0.3 is 12.1 Å². The van der Waals surface area contributed by atoms with E-state index < -0.39 is 22.9 Å². The molecule has 2 heterocycles. The van der Waals surface area contributed by atoms with Gasteiger partial charge in [0, 0.05) is 28.4 Å². The Kier molecular flexibility index (Phi) is 11.0. The minimum absolute atomic E-state index is 0.0315. The molecule has 11 heteroatoms. The molecule has 40 heavy (non-hydrogen) atoms. The van der Waals surface area contributed by atoms with Crippen LogP contribution in [0.1, 0.15) is 81.1 Å². The first-order chi connectivity index (χ1) is 18.9. The van der Waals surface area contributed by atoms with Crippen LogP contribution in [0.15, 0.2) is 29.2 Å². The van der Waals surface area contributed by atoms with Gasteiger partial charge in [0.05, 0.1) is 24.5 Å². The van der Waals surface area contributed by atoms with Crippen molar-refractivity contribution >= 4 is 57.7 Å². The molecule has 1 aromatic heterocycles. The van der Waals surface area contributed by atoms with Crippen molar-refractivity contribution < 1.29 is 28.7 Å². The van der Waals surface area contributed by atoms with Crippen LogP contribution >= 0.6 is 23.1 Å². The van der Waals surface area contributed by atoms with Gasteiger partial charge in [0.1, 0.15) is 10.6 Å². The van der Waals surface area contributed by atoms with E-state index in [9.17, 15) is 19.2 Å². The molecule has 0 aliphatic carbocycles. The molecule has 3 rings (SSSR count). The smallest absolute Gasteiger partial charge is 0.410 e. The Morgan fingerprint density at radius 1 is 1.15 bits per heavy atom. The Hall–Kier alpha value is -3.05. The number of carbonyl (C=O) groups is 4. The molecule has 0 saturated heterocycles. The minimum Gasteiger partial charge on any atom is -0.465 e. The summed E-state index contributed by atoms with van der Waals surface area (Å²) in [7, 11) is 1.31. The molecule has 0 spiro atoms. The minimum atomic E-state index is -0.615. The highest BCUT2D eigenvalue weighted by atomic mass is 32.2. The molecule has 0 bridgehead atoms. The van der Waals surface area contributed by atoms with Crippen LogP contribution in [0.4, 0.5) is 15.5 Å². The fourth-order valence-corrected chi connectivity index (χ4v) is 6.45. The molecule has 1 unspecified atom stereocenters. The first kappa shape index (κ1) is 31.5. The molecule has 0 saturated carbocycles. The third-order valence-electron chi connectivity index (χ3n) is 6.15. The number of methoxy groups -OCH3 is 1. The number of amides is 3. The fourth-order valence-electron chi connectivity index (χ4n) is 4.18. The van der Waals surface area contributed by atoms with Crippen LogP contribution in [0.5, 0.6) is 0 Å². The third kappa shape index (κ3) is 8.47. The summed E-state index contributed by atoms with van der Waals surface area (Å²) in [4.78, 5) is 54.2. The summed E-state index contributed by atoms with van der Waals surface area (Å²) in [6, 6.07) is 7.44. The van der Waals surface area contributed by atoms with Crippen LogP contribution in [-0.4, -0.2) is 53.3 Å². The van der Waals surface area contributed by atoms with E-state index in [4.69, 9.17) is 9.47 Å². The molecule has 218 valence electrons. The summed E-state index contributed by atoms with van der Waals surface area (Å²) in [6.45, 7) is 10.1. The van der Waals surface area contributed by atoms with E-state index in [0.717, 1.165) is 28.2 Å². The number of unbranched alkanes of at least 4 members (excludes halogenated alkanes) is 1. The van der Waals surface area contributed by atoms with Crippen molar-refractivity contribution in [3.63, 3.8) is 0 Å². The molecule has 3 amide bonds. The number of fused-ring (bicyclic) bond motifs is 1. The number of benzene rings is 1. The SMILES string of the molecule is CCCCC(=O)Nc1cccc(SC(CC)C(=O)Nc2sc3c(c2C(=O)OC)CCN(C(=O)OC(C)(C)C)C3)c1. The second-order valence-corrected chi connectivity index (χ2v) is 12.9. The van der Waals surface area contributed by atoms with Crippen LogP contribution < -0.4 is 10.6 Å². The normalized spacial score (nSPS) is 13.7. The monoisotopic (exact) mass is 589 g/mol. The zero-order valence-corrected chi connectivity index (χ0v) is 25.7. The van der Waals surface area contributed by atoms with Crippen LogP contribution in [0.3, 0.4) is 0 Å². The number of thiophene rings is 1. The molecule has 1 aliphatic heterocycles. The summed E-state index contributed by atoms with van der Waals surface area (Å²) < 4.78 is 10.6. The van der Waals surface area contributed by atoms with Gasteiger partial charge in [-0.3, -0.25) is 9.59 Å². The Labute approximate surface area is 244 Å². The zero-order valence-electron chi connectivity index (χ0n) is 24.0. The van der Waals surface area contributed by atoms with Crippen molar-refractivity contribution in [3.8, 4) is 0 Å². The van der Waals surface area contributed by atoms with Crippen molar-refractivity contribution in [2.45, 2.75) is 89.0 Å². The maximum Gasteiger partial charge on any atom is 0.410 e. The standard InChI is InChI=1S/C29H39N3O6S2/c1-7-9-13-23(33)30-18-11-10-12-19(16-18)39-21(8-2)25(34)31-26-24(27(35)37-6)20-14-15-32(17-22(20)40-26)28(36)38-29(3,4)5/h10-12,16,21H,7-9,13-15,17H2,1-6H3,(H,30,33)(H,31,34). The average Bonchev–Trinajstić information content (AvgIpc) is 3.26. The van der Waals surface area contributed by atoms with Crippen LogP contribution in [-0.2, 0) is 32.0 Å². The maximum absolute atomic E-state index is 13.4. The van der Waals surface area contributed by atoms with E-state index in [-0.39, 0.29) is 18.4 Å². The average molecular weight is 590 g/mol. The lowest BCUT2D eigenvalue weighted by Crippen LogP contribution is -2.39. The zero-order chi connectivity index (χ0) is 29.4. The van der Waals surface area contributed by atoms with Gasteiger partial charge in [-0.2, -0.15) is 0 Å². The van der Waals surface area contributed by atoms with Crippen LogP contribution in [0.2, 0.25) is 0 Å². The first-order valence-corrected chi connectivity index (χ1v) is 15.2. The molecule has 2 N–H and O–H groups in total. The number of hydrogen-bond acceptors (Lipinski definition) is 8. The number of esters is 1. The summed E-state index contributed by atoms with van der Waals surface area (Å²) in [5.41, 5.74) is 1.21. The van der Waals surface area contributed by atoms with E-state index in [1.165, 1.54) is 30.2 Å². The number of nitrogens with one attached hydrogen (secondary N) is 2. The number of carbonyl (C=O) groups excluding carboxylic acids is 4. The quantitative estimate of drug-likeness (QED) is 0.241. The van der Waals surface area contributed by atoms with Crippen molar-refractivity contribution in [3.05, 3.63) is 40.3 Å². The van der Waals surface area contributed by atoms with Gasteiger partial charge in [-0.1, -0.05) is 26.3 Å². The first-order valence-electron chi connectivity index (χ1n) is 13.5. The maximum atomic E-state index is 13.4. The Bertz CT molecular complexity index is 1240. The van der Waals surface area contributed by atoms with Crippen LogP contribution in [0, 0.1) is 0 Å². The number of ether oxygens (including phenoxy) is 2. The van der Waals surface area contributed by atoms with Crippen molar-refractivity contribution in [2.24, 2.45) is 0 Å². The molecule has 2 aromatic rings. The molecule has 1 aromatic carbocycles. The molecule has 9 nitrogen and oxygen atoms in total. The van der Waals surface area contributed by atoms with E-state index in [0.29, 0.717) is 42.1 Å². The van der Waals surface area contributed by atoms with Gasteiger partial charge in [-0.05, 0) is 63.8 Å². The van der Waals surface area contributed by atoms with Gasteiger partial charge < -0.3 is 25.0 Å². The predicted octanol–water partition coefficient (Wildman–Crippen LogP) is 6.47. The Morgan fingerprint density at radius 2 is 1.90 bits per heavy atom. The molecular weight excluding hydrogens is 550 g/mol. The van der Waals surface area contributed by atoms with E-state index in [1.54, 1.807) is 4.90 Å². The molecule has 1 aliphatic rings. The summed E-state index contributed by atoms with van der Waals surface area (Å²) >= 11 is 2.68. The highest BCUT2D eigenvalue weighted by Crippen LogP contribution is 2.39. The predicted molar refractivity (Wildman–Crippen MR) is 159 cm³/mol. The van der Waals surface area contributed by atoms with Gasteiger partial charge in [0.2, 0.25) is 11.8 Å². The van der Waals surface area contributed by atoms with Gasteiger partial charge in [0.25, 0.3) is 0 Å². The topological polar surface area (TPSA) is 114 Å². The summed E-state index contributed by atoms with van der Waals surface area (Å²) in [5, 5.41) is 5.86. The molecule has 1 atom stereocenters. The lowest BCUT2D eigenvalue weighted by Gasteiger charge is -2.30. The van der Waals surface area contributed by atoms with E-state index >= 15 is 0 Å². The molecular formula is C29H39N3O6S2. The third-order valence-corrected chi connectivity index (χ3v) is 8.64. The van der Waals surface area contributed by atoms with Crippen molar-refractivity contribution in [1.29, 1.82) is 0 Å². The van der Waals surface area contributed by atoms with Crippen molar-refractivity contribution in [1.82, 2.24) is 4.90 Å². The van der Waals surface area contributed by atoms with E-state index in [1.807, 2.05) is 58.9 Å². The van der Waals surface area contributed by atoms with Gasteiger partial charge in [-0.25, -0.2) is 9.59 Å².